The highest BCUT2D eigenvalue weighted by Crippen LogP contribution is 2.35. The van der Waals surface area contributed by atoms with Crippen molar-refractivity contribution in [1.82, 2.24) is 5.32 Å². The van der Waals surface area contributed by atoms with Crippen molar-refractivity contribution in [2.24, 2.45) is 0 Å². The van der Waals surface area contributed by atoms with Crippen LogP contribution in [-0.2, 0) is 6.54 Å². The molecule has 0 unspecified atom stereocenters. The lowest BCUT2D eigenvalue weighted by molar-refractivity contribution is 0.669. The first kappa shape index (κ1) is 13.2. The smallest absolute Gasteiger partial charge is 0.0211 e. The van der Waals surface area contributed by atoms with Gasteiger partial charge in [-0.1, -0.05) is 44.9 Å². The maximum atomic E-state index is 3.69. The number of rotatable bonds is 5. The highest BCUT2D eigenvalue weighted by atomic mass is 14.9. The average Bonchev–Trinajstić information content (AvgIpc) is 3.07. The van der Waals surface area contributed by atoms with E-state index in [0.29, 0.717) is 5.92 Å². The Morgan fingerprint density at radius 3 is 2.47 bits per heavy atom. The van der Waals surface area contributed by atoms with Crippen LogP contribution < -0.4 is 5.32 Å². The summed E-state index contributed by atoms with van der Waals surface area (Å²) in [6.45, 7) is 5.69. The average molecular weight is 257 g/mol. The molecule has 0 heterocycles. The summed E-state index contributed by atoms with van der Waals surface area (Å²) in [5.74, 6) is 1.47. The van der Waals surface area contributed by atoms with Gasteiger partial charge in [-0.15, -0.1) is 0 Å². The third-order valence-corrected chi connectivity index (χ3v) is 4.77. The van der Waals surface area contributed by atoms with Crippen LogP contribution in [0.25, 0.3) is 0 Å². The maximum Gasteiger partial charge on any atom is 0.0211 e. The van der Waals surface area contributed by atoms with E-state index < -0.39 is 0 Å². The van der Waals surface area contributed by atoms with E-state index in [2.05, 4.69) is 37.4 Å². The molecule has 0 atom stereocenters. The van der Waals surface area contributed by atoms with E-state index in [1.807, 2.05) is 0 Å². The minimum atomic E-state index is 0.633. The molecule has 1 nitrogen and oxygen atoms in total. The van der Waals surface area contributed by atoms with Crippen LogP contribution in [0.4, 0.5) is 0 Å². The predicted octanol–water partition coefficient (Wildman–Crippen LogP) is 4.72. The van der Waals surface area contributed by atoms with Gasteiger partial charge in [0.05, 0.1) is 0 Å². The first-order valence-corrected chi connectivity index (χ1v) is 8.10. The van der Waals surface area contributed by atoms with Crippen LogP contribution in [0, 0.1) is 0 Å². The lowest BCUT2D eigenvalue weighted by Gasteiger charge is -2.18. The Labute approximate surface area is 117 Å². The molecule has 0 bridgehead atoms. The van der Waals surface area contributed by atoms with Gasteiger partial charge in [0.15, 0.2) is 0 Å². The van der Waals surface area contributed by atoms with Gasteiger partial charge in [-0.25, -0.2) is 0 Å². The Morgan fingerprint density at radius 1 is 1.11 bits per heavy atom. The third-order valence-electron chi connectivity index (χ3n) is 4.77. The lowest BCUT2D eigenvalue weighted by Crippen LogP contribution is -2.17. The van der Waals surface area contributed by atoms with Crippen LogP contribution in [0.3, 0.4) is 0 Å². The second kappa shape index (κ2) is 5.66. The molecule has 19 heavy (non-hydrogen) atoms. The molecule has 104 valence electrons. The molecule has 0 spiro atoms. The molecule has 2 fully saturated rings. The first-order chi connectivity index (χ1) is 9.24. The van der Waals surface area contributed by atoms with Gasteiger partial charge in [0.25, 0.3) is 0 Å². The summed E-state index contributed by atoms with van der Waals surface area (Å²) in [7, 11) is 0. The van der Waals surface area contributed by atoms with E-state index in [1.165, 1.54) is 44.1 Å². The minimum absolute atomic E-state index is 0.633. The Bertz CT molecular complexity index is 425. The zero-order valence-electron chi connectivity index (χ0n) is 12.4. The number of benzene rings is 1. The first-order valence-electron chi connectivity index (χ1n) is 8.10. The van der Waals surface area contributed by atoms with Crippen molar-refractivity contribution in [3.05, 3.63) is 34.9 Å². The minimum Gasteiger partial charge on any atom is -0.310 e. The van der Waals surface area contributed by atoms with Crippen molar-refractivity contribution >= 4 is 0 Å². The molecule has 1 aromatic rings. The highest BCUT2D eigenvalue weighted by molar-refractivity contribution is 5.36. The Balaban J connectivity index is 1.80. The molecule has 0 amide bonds. The molecule has 2 aliphatic carbocycles. The van der Waals surface area contributed by atoms with Gasteiger partial charge in [-0.05, 0) is 54.2 Å². The van der Waals surface area contributed by atoms with Gasteiger partial charge < -0.3 is 5.32 Å². The van der Waals surface area contributed by atoms with Crippen LogP contribution in [0.2, 0.25) is 0 Å². The molecule has 0 saturated heterocycles. The SMILES string of the molecule is CC(C)c1ccc(C2CCCC2)cc1CNC1CC1. The molecule has 1 N–H and O–H groups in total. The fraction of sp³-hybridized carbons (Fsp3) is 0.667. The van der Waals surface area contributed by atoms with Crippen LogP contribution >= 0.6 is 0 Å². The lowest BCUT2D eigenvalue weighted by atomic mass is 9.90. The number of hydrogen-bond donors (Lipinski definition) is 1. The Kier molecular flexibility index (Phi) is 3.93. The molecule has 0 aliphatic heterocycles. The molecule has 1 heteroatoms. The predicted molar refractivity (Wildman–Crippen MR) is 81.6 cm³/mol. The summed E-state index contributed by atoms with van der Waals surface area (Å²) in [5.41, 5.74) is 4.68. The van der Waals surface area contributed by atoms with Gasteiger partial charge in [0.1, 0.15) is 0 Å². The van der Waals surface area contributed by atoms with E-state index in [-0.39, 0.29) is 0 Å². The van der Waals surface area contributed by atoms with E-state index in [9.17, 15) is 0 Å². The molecular formula is C18H27N. The van der Waals surface area contributed by atoms with E-state index in [4.69, 9.17) is 0 Å². The van der Waals surface area contributed by atoms with Crippen LogP contribution in [0.5, 0.6) is 0 Å². The van der Waals surface area contributed by atoms with E-state index >= 15 is 0 Å². The molecule has 0 aromatic heterocycles. The summed E-state index contributed by atoms with van der Waals surface area (Å²) in [5, 5.41) is 3.69. The molecule has 2 aliphatic rings. The van der Waals surface area contributed by atoms with Gasteiger partial charge in [-0.2, -0.15) is 0 Å². The van der Waals surface area contributed by atoms with Crippen molar-refractivity contribution in [3.63, 3.8) is 0 Å². The van der Waals surface area contributed by atoms with Crippen LogP contribution in [0.15, 0.2) is 18.2 Å². The quantitative estimate of drug-likeness (QED) is 0.805. The third kappa shape index (κ3) is 3.20. The summed E-state index contributed by atoms with van der Waals surface area (Å²) in [6.07, 6.45) is 8.39. The van der Waals surface area contributed by atoms with Crippen LogP contribution in [-0.4, -0.2) is 6.04 Å². The van der Waals surface area contributed by atoms with Crippen molar-refractivity contribution in [2.45, 2.75) is 76.8 Å². The van der Waals surface area contributed by atoms with Crippen molar-refractivity contribution in [1.29, 1.82) is 0 Å². The Hall–Kier alpha value is -0.820. The number of nitrogens with one attached hydrogen (secondary N) is 1. The summed E-state index contributed by atoms with van der Waals surface area (Å²) < 4.78 is 0. The monoisotopic (exact) mass is 257 g/mol. The van der Waals surface area contributed by atoms with Crippen molar-refractivity contribution < 1.29 is 0 Å². The zero-order chi connectivity index (χ0) is 13.2. The maximum absolute atomic E-state index is 3.69. The van der Waals surface area contributed by atoms with Gasteiger partial charge in [-0.3, -0.25) is 0 Å². The van der Waals surface area contributed by atoms with E-state index in [1.54, 1.807) is 11.1 Å². The molecule has 0 radical (unpaired) electrons. The normalized spacial score (nSPS) is 20.4. The summed E-state index contributed by atoms with van der Waals surface area (Å²) in [4.78, 5) is 0. The fourth-order valence-electron chi connectivity index (χ4n) is 3.40. The largest absolute Gasteiger partial charge is 0.310 e. The van der Waals surface area contributed by atoms with Crippen LogP contribution in [0.1, 0.15) is 80.9 Å². The fourth-order valence-corrected chi connectivity index (χ4v) is 3.40. The molecule has 3 rings (SSSR count). The summed E-state index contributed by atoms with van der Waals surface area (Å²) in [6, 6.07) is 8.09. The summed E-state index contributed by atoms with van der Waals surface area (Å²) >= 11 is 0. The molecule has 2 saturated carbocycles. The molecular weight excluding hydrogens is 230 g/mol. The van der Waals surface area contributed by atoms with Gasteiger partial charge in [0, 0.05) is 12.6 Å². The topological polar surface area (TPSA) is 12.0 Å². The highest BCUT2D eigenvalue weighted by Gasteiger charge is 2.22. The Morgan fingerprint density at radius 2 is 1.84 bits per heavy atom. The second-order valence-electron chi connectivity index (χ2n) is 6.75. The second-order valence-corrected chi connectivity index (χ2v) is 6.75. The standard InChI is InChI=1S/C18H27N/c1-13(2)18-10-7-15(14-5-3-4-6-14)11-16(18)12-19-17-8-9-17/h7,10-11,13-14,17,19H,3-6,8-9,12H2,1-2H3. The zero-order valence-corrected chi connectivity index (χ0v) is 12.4. The van der Waals surface area contributed by atoms with Crippen molar-refractivity contribution in [2.75, 3.05) is 0 Å². The number of hydrogen-bond acceptors (Lipinski definition) is 1. The molecule has 1 aromatic carbocycles. The van der Waals surface area contributed by atoms with Gasteiger partial charge >= 0.3 is 0 Å². The van der Waals surface area contributed by atoms with Crippen molar-refractivity contribution in [3.8, 4) is 0 Å². The van der Waals surface area contributed by atoms with Gasteiger partial charge in [0.2, 0.25) is 0 Å². The van der Waals surface area contributed by atoms with E-state index in [0.717, 1.165) is 18.5 Å².